The van der Waals surface area contributed by atoms with Gasteiger partial charge in [0.25, 0.3) is 0 Å². The van der Waals surface area contributed by atoms with Crippen molar-refractivity contribution >= 4 is 12.6 Å². The van der Waals surface area contributed by atoms with Crippen molar-refractivity contribution < 1.29 is 5.11 Å². The predicted molar refractivity (Wildman–Crippen MR) is 30.2 cm³/mol. The van der Waals surface area contributed by atoms with Crippen molar-refractivity contribution in [2.24, 2.45) is 0 Å². The molecule has 0 bridgehead atoms. The summed E-state index contributed by atoms with van der Waals surface area (Å²) < 4.78 is 0. The van der Waals surface area contributed by atoms with Crippen LogP contribution in [0, 0.1) is 0 Å². The average molecular weight is 106 g/mol. The lowest BCUT2D eigenvalue weighted by molar-refractivity contribution is 0.289. The highest BCUT2D eigenvalue weighted by atomic mass is 32.1. The van der Waals surface area contributed by atoms with Crippen LogP contribution in [-0.4, -0.2) is 17.0 Å². The minimum absolute atomic E-state index is 0.255. The number of aliphatic hydroxyl groups excluding tert-OH is 1. The molecular formula is C4H10OS. The van der Waals surface area contributed by atoms with Gasteiger partial charge in [-0.1, -0.05) is 6.92 Å². The van der Waals surface area contributed by atoms with Crippen LogP contribution in [0.3, 0.4) is 0 Å². The van der Waals surface area contributed by atoms with E-state index < -0.39 is 0 Å². The molecule has 6 heavy (non-hydrogen) atoms. The van der Waals surface area contributed by atoms with Gasteiger partial charge < -0.3 is 5.11 Å². The lowest BCUT2D eigenvalue weighted by Crippen LogP contribution is -1.93. The molecule has 0 aromatic heterocycles. The second-order valence-electron chi connectivity index (χ2n) is 1.36. The normalized spacial score (nSPS) is 14.5. The largest absolute Gasteiger partial charge is 0.396 e. The van der Waals surface area contributed by atoms with Gasteiger partial charge in [-0.25, -0.2) is 0 Å². The van der Waals surface area contributed by atoms with E-state index in [1.165, 1.54) is 0 Å². The van der Waals surface area contributed by atoms with Gasteiger partial charge in [0.1, 0.15) is 0 Å². The lowest BCUT2D eigenvalue weighted by Gasteiger charge is -1.94. The Morgan fingerprint density at radius 3 is 2.33 bits per heavy atom. The molecule has 0 aliphatic rings. The minimum atomic E-state index is 0.255. The molecule has 0 aliphatic carbocycles. The van der Waals surface area contributed by atoms with E-state index in [1.807, 2.05) is 6.92 Å². The first-order valence-corrected chi connectivity index (χ1v) is 2.58. The molecule has 0 spiro atoms. The van der Waals surface area contributed by atoms with Gasteiger partial charge in [0.05, 0.1) is 0 Å². The van der Waals surface area contributed by atoms with Crippen LogP contribution in [0.1, 0.15) is 13.3 Å². The molecule has 0 aliphatic heterocycles. The van der Waals surface area contributed by atoms with E-state index in [1.54, 1.807) is 0 Å². The zero-order valence-electron chi connectivity index (χ0n) is 3.89. The maximum Gasteiger partial charge on any atom is 0.0441 e. The molecule has 0 aromatic rings. The van der Waals surface area contributed by atoms with E-state index >= 15 is 0 Å². The Morgan fingerprint density at radius 1 is 1.83 bits per heavy atom. The van der Waals surface area contributed by atoms with E-state index in [0.717, 1.165) is 6.42 Å². The second kappa shape index (κ2) is 3.50. The predicted octanol–water partition coefficient (Wildman–Crippen LogP) is 0.687. The van der Waals surface area contributed by atoms with E-state index in [-0.39, 0.29) is 6.61 Å². The average Bonchev–Trinajstić information content (AvgIpc) is 1.35. The number of hydrogen-bond donors (Lipinski definition) is 2. The van der Waals surface area contributed by atoms with E-state index in [9.17, 15) is 0 Å². The topological polar surface area (TPSA) is 20.2 Å². The van der Waals surface area contributed by atoms with E-state index in [2.05, 4.69) is 12.6 Å². The molecule has 0 aromatic carbocycles. The summed E-state index contributed by atoms with van der Waals surface area (Å²) in [6.45, 7) is 2.21. The maximum atomic E-state index is 8.19. The number of thiol groups is 1. The Hall–Kier alpha value is 0.310. The van der Waals surface area contributed by atoms with Gasteiger partial charge in [-0.3, -0.25) is 0 Å². The first-order chi connectivity index (χ1) is 2.77. The molecule has 0 fully saturated rings. The Labute approximate surface area is 43.8 Å². The third kappa shape index (κ3) is 4.31. The highest BCUT2D eigenvalue weighted by Gasteiger charge is 1.87. The summed E-state index contributed by atoms with van der Waals surface area (Å²) in [7, 11) is 0. The molecule has 0 radical (unpaired) electrons. The van der Waals surface area contributed by atoms with Crippen molar-refractivity contribution in [3.8, 4) is 0 Å². The Bertz CT molecular complexity index is 28.7. The molecule has 0 heterocycles. The smallest absolute Gasteiger partial charge is 0.0441 e. The van der Waals surface area contributed by atoms with Crippen molar-refractivity contribution in [1.29, 1.82) is 0 Å². The highest BCUT2D eigenvalue weighted by Crippen LogP contribution is 1.95. The molecule has 1 atom stereocenters. The molecule has 0 saturated heterocycles. The van der Waals surface area contributed by atoms with Gasteiger partial charge >= 0.3 is 0 Å². The summed E-state index contributed by atoms with van der Waals surface area (Å²) in [5.41, 5.74) is 0. The molecule has 0 amide bonds. The zero-order valence-corrected chi connectivity index (χ0v) is 4.78. The lowest BCUT2D eigenvalue weighted by atomic mass is 10.4. The first-order valence-electron chi connectivity index (χ1n) is 2.06. The fourth-order valence-corrected chi connectivity index (χ4v) is 0.302. The second-order valence-corrected chi connectivity index (χ2v) is 2.24. The number of rotatable bonds is 2. The molecule has 1 nitrogen and oxygen atoms in total. The SMILES string of the molecule is C[C@@H](S)CCO. The zero-order chi connectivity index (χ0) is 4.99. The van der Waals surface area contributed by atoms with Crippen LogP contribution in [0.2, 0.25) is 0 Å². The van der Waals surface area contributed by atoms with Crippen molar-refractivity contribution in [3.63, 3.8) is 0 Å². The van der Waals surface area contributed by atoms with Crippen LogP contribution in [0.25, 0.3) is 0 Å². The van der Waals surface area contributed by atoms with Crippen molar-refractivity contribution in [1.82, 2.24) is 0 Å². The van der Waals surface area contributed by atoms with E-state index in [0.29, 0.717) is 5.25 Å². The van der Waals surface area contributed by atoms with Gasteiger partial charge in [-0.05, 0) is 6.42 Å². The van der Waals surface area contributed by atoms with Gasteiger partial charge in [0.15, 0.2) is 0 Å². The molecule has 1 N–H and O–H groups in total. The van der Waals surface area contributed by atoms with Crippen molar-refractivity contribution in [2.45, 2.75) is 18.6 Å². The fraction of sp³-hybridized carbons (Fsp3) is 1.00. The third-order valence-corrected chi connectivity index (χ3v) is 0.805. The summed E-state index contributed by atoms with van der Waals surface area (Å²) >= 11 is 4.02. The third-order valence-electron chi connectivity index (χ3n) is 0.547. The summed E-state index contributed by atoms with van der Waals surface area (Å²) in [5.74, 6) is 0. The van der Waals surface area contributed by atoms with Gasteiger partial charge in [-0.15, -0.1) is 0 Å². The monoisotopic (exact) mass is 106 g/mol. The molecule has 0 saturated carbocycles. The summed E-state index contributed by atoms with van der Waals surface area (Å²) in [6, 6.07) is 0. The Balaban J connectivity index is 2.63. The van der Waals surface area contributed by atoms with Crippen LogP contribution in [-0.2, 0) is 0 Å². The van der Waals surface area contributed by atoms with Gasteiger partial charge in [-0.2, -0.15) is 12.6 Å². The molecular weight excluding hydrogens is 96.1 g/mol. The summed E-state index contributed by atoms with van der Waals surface area (Å²) in [5, 5.41) is 8.53. The standard InChI is InChI=1S/C4H10OS/c1-4(6)2-3-5/h4-6H,2-3H2,1H3/t4-/m1/s1. The quantitative estimate of drug-likeness (QED) is 0.496. The van der Waals surface area contributed by atoms with Crippen LogP contribution < -0.4 is 0 Å². The molecule has 38 valence electrons. The van der Waals surface area contributed by atoms with Crippen LogP contribution in [0.5, 0.6) is 0 Å². The van der Waals surface area contributed by atoms with E-state index in [4.69, 9.17) is 5.11 Å². The molecule has 2 heteroatoms. The van der Waals surface area contributed by atoms with Crippen molar-refractivity contribution in [3.05, 3.63) is 0 Å². The van der Waals surface area contributed by atoms with Gasteiger partial charge in [0.2, 0.25) is 0 Å². The minimum Gasteiger partial charge on any atom is -0.396 e. The first kappa shape index (κ1) is 6.31. The summed E-state index contributed by atoms with van der Waals surface area (Å²) in [4.78, 5) is 0. The van der Waals surface area contributed by atoms with Crippen LogP contribution in [0.4, 0.5) is 0 Å². The molecule has 0 unspecified atom stereocenters. The highest BCUT2D eigenvalue weighted by molar-refractivity contribution is 7.80. The Morgan fingerprint density at radius 2 is 2.33 bits per heavy atom. The van der Waals surface area contributed by atoms with Crippen LogP contribution >= 0.6 is 12.6 Å². The number of aliphatic hydroxyl groups is 1. The fourth-order valence-electron chi connectivity index (χ4n) is 0.187. The maximum absolute atomic E-state index is 8.19. The van der Waals surface area contributed by atoms with Crippen LogP contribution in [0.15, 0.2) is 0 Å². The summed E-state index contributed by atoms with van der Waals surface area (Å²) in [6.07, 6.45) is 0.795. The van der Waals surface area contributed by atoms with Crippen molar-refractivity contribution in [2.75, 3.05) is 6.61 Å². The van der Waals surface area contributed by atoms with Gasteiger partial charge in [0, 0.05) is 11.9 Å². The Kier molecular flexibility index (Phi) is 3.68. The molecule has 0 rings (SSSR count). The number of hydrogen-bond acceptors (Lipinski definition) is 2.